The Hall–Kier alpha value is -2.69. The number of anilines is 1. The maximum absolute atomic E-state index is 13.5. The Balaban J connectivity index is 1.56. The van der Waals surface area contributed by atoms with Gasteiger partial charge in [0.15, 0.2) is 0 Å². The second-order valence-electron chi connectivity index (χ2n) is 8.59. The molecule has 1 heterocycles. The van der Waals surface area contributed by atoms with Crippen molar-refractivity contribution in [3.63, 3.8) is 0 Å². The molecule has 4 heteroatoms. The molecule has 2 unspecified atom stereocenters. The number of halogens is 2. The van der Waals surface area contributed by atoms with Gasteiger partial charge in [0.1, 0.15) is 0 Å². The first-order valence-corrected chi connectivity index (χ1v) is 12.2. The van der Waals surface area contributed by atoms with Crippen molar-refractivity contribution in [1.82, 2.24) is 0 Å². The molecule has 4 aromatic carbocycles. The molecule has 0 radical (unpaired) electrons. The molecule has 1 N–H and O–H groups in total. The van der Waals surface area contributed by atoms with E-state index in [1.807, 2.05) is 6.07 Å². The fraction of sp³-hybridized carbons (Fsp3) is 0.107. The third kappa shape index (κ3) is 3.01. The zero-order chi connectivity index (χ0) is 21.9. The number of hydrogen-bond donors (Lipinski definition) is 1. The van der Waals surface area contributed by atoms with Crippen molar-refractivity contribution in [2.75, 3.05) is 5.32 Å². The van der Waals surface area contributed by atoms with Crippen LogP contribution < -0.4 is 5.32 Å². The van der Waals surface area contributed by atoms with Crippen LogP contribution in [0, 0.1) is 0 Å². The Morgan fingerprint density at radius 1 is 0.875 bits per heavy atom. The molecule has 0 spiro atoms. The first-order chi connectivity index (χ1) is 15.5. The molecule has 156 valence electrons. The van der Waals surface area contributed by atoms with Gasteiger partial charge in [0.05, 0.1) is 11.6 Å². The van der Waals surface area contributed by atoms with Gasteiger partial charge in [-0.05, 0) is 67.5 Å². The summed E-state index contributed by atoms with van der Waals surface area (Å²) in [6, 6.07) is 27.6. The van der Waals surface area contributed by atoms with Crippen molar-refractivity contribution in [1.29, 1.82) is 0 Å². The van der Waals surface area contributed by atoms with E-state index >= 15 is 0 Å². The quantitative estimate of drug-likeness (QED) is 0.282. The molecular formula is C28H19Br2NO. The van der Waals surface area contributed by atoms with Crippen molar-refractivity contribution < 1.29 is 4.79 Å². The summed E-state index contributed by atoms with van der Waals surface area (Å²) in [5.41, 5.74) is 5.05. The van der Waals surface area contributed by atoms with Gasteiger partial charge in [0, 0.05) is 14.4 Å². The van der Waals surface area contributed by atoms with Crippen LogP contribution in [0.15, 0.2) is 93.9 Å². The highest BCUT2D eigenvalue weighted by atomic mass is 79.9. The Kier molecular flexibility index (Phi) is 4.63. The molecule has 1 amide bonds. The summed E-state index contributed by atoms with van der Waals surface area (Å²) in [6.07, 6.45) is 5.17. The van der Waals surface area contributed by atoms with Gasteiger partial charge in [0.25, 0.3) is 0 Å². The molecule has 2 aliphatic rings. The average Bonchev–Trinajstić information content (AvgIpc) is 3.32. The monoisotopic (exact) mass is 543 g/mol. The number of allylic oxidation sites excluding steroid dienone is 1. The van der Waals surface area contributed by atoms with E-state index in [0.717, 1.165) is 26.6 Å². The molecule has 2 atom stereocenters. The molecule has 0 fully saturated rings. The molecule has 1 aliphatic heterocycles. The predicted octanol–water partition coefficient (Wildman–Crippen LogP) is 7.61. The van der Waals surface area contributed by atoms with Crippen LogP contribution in [-0.4, -0.2) is 5.91 Å². The van der Waals surface area contributed by atoms with Crippen molar-refractivity contribution in [3.05, 3.63) is 116 Å². The molecule has 0 saturated heterocycles. The first-order valence-electron chi connectivity index (χ1n) is 10.6. The molecule has 32 heavy (non-hydrogen) atoms. The molecule has 4 aromatic rings. The van der Waals surface area contributed by atoms with E-state index in [2.05, 4.69) is 122 Å². The fourth-order valence-electron chi connectivity index (χ4n) is 5.39. The molecule has 0 saturated carbocycles. The Bertz CT molecular complexity index is 1440. The lowest BCUT2D eigenvalue weighted by molar-refractivity contribution is -0.118. The number of hydrogen-bond acceptors (Lipinski definition) is 1. The van der Waals surface area contributed by atoms with Gasteiger partial charge in [-0.2, -0.15) is 0 Å². The summed E-state index contributed by atoms with van der Waals surface area (Å²) in [5.74, 6) is -0.279. The van der Waals surface area contributed by atoms with Crippen LogP contribution in [0.3, 0.4) is 0 Å². The summed E-state index contributed by atoms with van der Waals surface area (Å²) < 4.78 is 1.86. The normalized spacial score (nSPS) is 20.9. The van der Waals surface area contributed by atoms with Gasteiger partial charge >= 0.3 is 0 Å². The first kappa shape index (κ1) is 20.0. The van der Waals surface area contributed by atoms with Crippen molar-refractivity contribution >= 4 is 60.3 Å². The minimum Gasteiger partial charge on any atom is -0.324 e. The zero-order valence-corrected chi connectivity index (χ0v) is 20.3. The summed E-state index contributed by atoms with van der Waals surface area (Å²) in [4.78, 5) is 13.5. The van der Waals surface area contributed by atoms with Gasteiger partial charge in [0.2, 0.25) is 5.91 Å². The summed E-state index contributed by atoms with van der Waals surface area (Å²) >= 11 is 7.27. The van der Waals surface area contributed by atoms with Crippen LogP contribution in [0.4, 0.5) is 5.69 Å². The number of amides is 1. The maximum atomic E-state index is 13.5. The van der Waals surface area contributed by atoms with Crippen LogP contribution in [0.2, 0.25) is 0 Å². The number of carbonyl (C=O) groups excluding carboxylic acids is 1. The molecule has 2 nitrogen and oxygen atoms in total. The lowest BCUT2D eigenvalue weighted by Gasteiger charge is -2.35. The van der Waals surface area contributed by atoms with Gasteiger partial charge in [-0.1, -0.05) is 94.8 Å². The second kappa shape index (κ2) is 7.43. The average molecular weight is 545 g/mol. The number of fused-ring (bicyclic) bond motifs is 3. The van der Waals surface area contributed by atoms with Gasteiger partial charge < -0.3 is 5.32 Å². The minimum atomic E-state index is -0.464. The van der Waals surface area contributed by atoms with E-state index in [1.54, 1.807) is 0 Å². The third-order valence-electron chi connectivity index (χ3n) is 6.76. The number of nitrogens with one attached hydrogen (secondary N) is 1. The number of rotatable bonds is 3. The topological polar surface area (TPSA) is 29.1 Å². The van der Waals surface area contributed by atoms with Crippen LogP contribution in [0.1, 0.15) is 28.2 Å². The third-order valence-corrected chi connectivity index (χ3v) is 7.84. The van der Waals surface area contributed by atoms with E-state index < -0.39 is 5.41 Å². The van der Waals surface area contributed by atoms with Gasteiger partial charge in [-0.3, -0.25) is 4.79 Å². The Morgan fingerprint density at radius 2 is 1.66 bits per heavy atom. The Labute approximate surface area is 203 Å². The molecular weight excluding hydrogens is 526 g/mol. The highest BCUT2D eigenvalue weighted by Crippen LogP contribution is 2.54. The van der Waals surface area contributed by atoms with Crippen LogP contribution in [0.25, 0.3) is 16.8 Å². The number of carbonyl (C=O) groups is 1. The lowest BCUT2D eigenvalue weighted by Crippen LogP contribution is -2.37. The summed E-state index contributed by atoms with van der Waals surface area (Å²) in [5, 5.41) is 5.60. The van der Waals surface area contributed by atoms with Crippen molar-refractivity contribution in [2.45, 2.75) is 17.8 Å². The van der Waals surface area contributed by atoms with Crippen molar-refractivity contribution in [3.8, 4) is 0 Å². The predicted molar refractivity (Wildman–Crippen MR) is 138 cm³/mol. The standard InChI is InChI=1S/C28H19Br2NO/c29-21-14-22-25(27(32)31-26(22)24(30)15-21)28(12-11-19-6-3-4-8-23(19)28)16-17-9-10-18-5-1-2-7-20(18)13-17/h1-15,25H,16H2,(H,31,32). The van der Waals surface area contributed by atoms with E-state index in [0.29, 0.717) is 0 Å². The van der Waals surface area contributed by atoms with Crippen molar-refractivity contribution in [2.24, 2.45) is 0 Å². The molecule has 0 aromatic heterocycles. The second-order valence-corrected chi connectivity index (χ2v) is 10.4. The molecule has 6 rings (SSSR count). The summed E-state index contributed by atoms with van der Waals surface area (Å²) in [7, 11) is 0. The van der Waals surface area contributed by atoms with E-state index in [4.69, 9.17) is 0 Å². The maximum Gasteiger partial charge on any atom is 0.233 e. The zero-order valence-electron chi connectivity index (χ0n) is 17.1. The molecule has 1 aliphatic carbocycles. The van der Waals surface area contributed by atoms with E-state index in [-0.39, 0.29) is 11.8 Å². The smallest absolute Gasteiger partial charge is 0.233 e. The fourth-order valence-corrected chi connectivity index (χ4v) is 6.75. The summed E-state index contributed by atoms with van der Waals surface area (Å²) in [6.45, 7) is 0. The van der Waals surface area contributed by atoms with Crippen LogP contribution in [-0.2, 0) is 16.6 Å². The van der Waals surface area contributed by atoms with Crippen LogP contribution >= 0.6 is 31.9 Å². The lowest BCUT2D eigenvalue weighted by atomic mass is 9.66. The molecule has 0 bridgehead atoms. The van der Waals surface area contributed by atoms with E-state index in [1.165, 1.54) is 27.5 Å². The SMILES string of the molecule is O=C1Nc2c(Br)cc(Br)cc2C1C1(Cc2ccc3ccccc3c2)C=Cc2ccccc21. The highest BCUT2D eigenvalue weighted by Gasteiger charge is 2.50. The van der Waals surface area contributed by atoms with Gasteiger partial charge in [-0.25, -0.2) is 0 Å². The minimum absolute atomic E-state index is 0.0425. The number of benzene rings is 4. The van der Waals surface area contributed by atoms with Crippen LogP contribution in [0.5, 0.6) is 0 Å². The van der Waals surface area contributed by atoms with Gasteiger partial charge in [-0.15, -0.1) is 0 Å². The largest absolute Gasteiger partial charge is 0.324 e. The van der Waals surface area contributed by atoms with E-state index in [9.17, 15) is 4.79 Å². The Morgan fingerprint density at radius 3 is 2.53 bits per heavy atom. The highest BCUT2D eigenvalue weighted by molar-refractivity contribution is 9.11.